The number of nitriles is 2. The zero-order chi connectivity index (χ0) is 18.4. The molecule has 0 unspecified atom stereocenters. The molecule has 0 radical (unpaired) electrons. The van der Waals surface area contributed by atoms with Crippen LogP contribution in [0.2, 0.25) is 0 Å². The standard InChI is InChI=1S/C22H25N3/c1-21(2)19-10-11-22(21,3)20(16(13-23)14-24)18(19)12-15-6-8-17(9-7-15)25(4)5/h6-9,12,19H,10-11H2,1-5H3/b18-12+/t19-,22-/m1/s1. The molecule has 2 aliphatic rings. The Kier molecular flexibility index (Phi) is 4.00. The van der Waals surface area contributed by atoms with E-state index in [1.807, 2.05) is 14.1 Å². The molecule has 3 heteroatoms. The molecule has 0 saturated heterocycles. The van der Waals surface area contributed by atoms with E-state index in [2.05, 4.69) is 68.2 Å². The van der Waals surface area contributed by atoms with Gasteiger partial charge in [-0.05, 0) is 53.0 Å². The molecule has 3 nitrogen and oxygen atoms in total. The highest BCUT2D eigenvalue weighted by Gasteiger charge is 2.62. The number of allylic oxidation sites excluding steroid dienone is 3. The molecule has 2 aliphatic carbocycles. The van der Waals surface area contributed by atoms with Crippen LogP contribution in [0.25, 0.3) is 6.08 Å². The fourth-order valence-electron chi connectivity index (χ4n) is 4.76. The lowest BCUT2D eigenvalue weighted by atomic mass is 9.68. The first-order valence-electron chi connectivity index (χ1n) is 8.80. The Balaban J connectivity index is 2.16. The number of benzene rings is 1. The molecular weight excluding hydrogens is 306 g/mol. The SMILES string of the molecule is CN(C)c1ccc(/C=C2/C(=C(C#N)C#N)[C@@]3(C)CC[C@H]2C3(C)C)cc1. The molecule has 0 spiro atoms. The average Bonchev–Trinajstić information content (AvgIpc) is 2.89. The summed E-state index contributed by atoms with van der Waals surface area (Å²) in [6.07, 6.45) is 4.36. The van der Waals surface area contributed by atoms with Gasteiger partial charge in [-0.15, -0.1) is 0 Å². The summed E-state index contributed by atoms with van der Waals surface area (Å²) < 4.78 is 0. The number of anilines is 1. The highest BCUT2D eigenvalue weighted by molar-refractivity contribution is 5.69. The molecule has 0 N–H and O–H groups in total. The zero-order valence-corrected chi connectivity index (χ0v) is 15.7. The third kappa shape index (κ3) is 2.38. The quantitative estimate of drug-likeness (QED) is 0.722. The van der Waals surface area contributed by atoms with Crippen LogP contribution in [0.4, 0.5) is 5.69 Å². The summed E-state index contributed by atoms with van der Waals surface area (Å²) in [4.78, 5) is 2.08. The third-order valence-corrected chi connectivity index (χ3v) is 6.65. The Hall–Kier alpha value is -2.52. The minimum Gasteiger partial charge on any atom is -0.378 e. The molecule has 2 fully saturated rings. The first-order chi connectivity index (χ1) is 11.8. The van der Waals surface area contributed by atoms with Crippen molar-refractivity contribution in [3.05, 3.63) is 46.5 Å². The second-order valence-corrected chi connectivity index (χ2v) is 8.20. The minimum atomic E-state index is -0.103. The first-order valence-corrected chi connectivity index (χ1v) is 8.80. The van der Waals surface area contributed by atoms with Crippen LogP contribution in [0, 0.1) is 39.4 Å². The van der Waals surface area contributed by atoms with Gasteiger partial charge in [-0.25, -0.2) is 0 Å². The molecule has 0 heterocycles. The van der Waals surface area contributed by atoms with Crippen molar-refractivity contribution in [3.63, 3.8) is 0 Å². The van der Waals surface area contributed by atoms with Crippen molar-refractivity contribution in [1.82, 2.24) is 0 Å². The van der Waals surface area contributed by atoms with Crippen LogP contribution >= 0.6 is 0 Å². The molecule has 1 aromatic carbocycles. The van der Waals surface area contributed by atoms with Crippen LogP contribution < -0.4 is 4.90 Å². The predicted molar refractivity (Wildman–Crippen MR) is 102 cm³/mol. The molecule has 1 aromatic rings. The van der Waals surface area contributed by atoms with Gasteiger partial charge in [0.05, 0.1) is 0 Å². The Morgan fingerprint density at radius 1 is 1.12 bits per heavy atom. The molecule has 2 bridgehead atoms. The van der Waals surface area contributed by atoms with Gasteiger partial charge in [0.2, 0.25) is 0 Å². The number of nitrogens with zero attached hydrogens (tertiary/aromatic N) is 3. The number of hydrogen-bond donors (Lipinski definition) is 0. The maximum absolute atomic E-state index is 9.52. The lowest BCUT2D eigenvalue weighted by Gasteiger charge is -2.35. The van der Waals surface area contributed by atoms with Crippen LogP contribution in [0.15, 0.2) is 41.0 Å². The van der Waals surface area contributed by atoms with Gasteiger partial charge >= 0.3 is 0 Å². The van der Waals surface area contributed by atoms with Gasteiger partial charge in [-0.1, -0.05) is 39.0 Å². The van der Waals surface area contributed by atoms with Crippen molar-refractivity contribution in [2.75, 3.05) is 19.0 Å². The van der Waals surface area contributed by atoms with Crippen LogP contribution in [-0.4, -0.2) is 14.1 Å². The topological polar surface area (TPSA) is 50.8 Å². The van der Waals surface area contributed by atoms with Crippen LogP contribution in [0.3, 0.4) is 0 Å². The fourth-order valence-corrected chi connectivity index (χ4v) is 4.76. The normalized spacial score (nSPS) is 27.9. The summed E-state index contributed by atoms with van der Waals surface area (Å²) in [5, 5.41) is 19.0. The lowest BCUT2D eigenvalue weighted by molar-refractivity contribution is 0.182. The summed E-state index contributed by atoms with van der Waals surface area (Å²) in [7, 11) is 4.05. The van der Waals surface area contributed by atoms with Gasteiger partial charge in [0.1, 0.15) is 17.7 Å². The third-order valence-electron chi connectivity index (χ3n) is 6.65. The summed E-state index contributed by atoms with van der Waals surface area (Å²) in [5.41, 5.74) is 4.71. The maximum atomic E-state index is 9.52. The minimum absolute atomic E-state index is 0.0662. The molecule has 0 aromatic heterocycles. The van der Waals surface area contributed by atoms with Gasteiger partial charge in [-0.3, -0.25) is 0 Å². The van der Waals surface area contributed by atoms with Crippen molar-refractivity contribution in [1.29, 1.82) is 10.5 Å². The number of rotatable bonds is 2. The fraction of sp³-hybridized carbons (Fsp3) is 0.455. The van der Waals surface area contributed by atoms with Crippen molar-refractivity contribution < 1.29 is 0 Å². The van der Waals surface area contributed by atoms with E-state index in [0.717, 1.165) is 29.7 Å². The molecule has 25 heavy (non-hydrogen) atoms. The molecular formula is C22H25N3. The number of hydrogen-bond acceptors (Lipinski definition) is 3. The average molecular weight is 331 g/mol. The highest BCUT2D eigenvalue weighted by atomic mass is 15.1. The summed E-state index contributed by atoms with van der Waals surface area (Å²) >= 11 is 0. The summed E-state index contributed by atoms with van der Waals surface area (Å²) in [6.45, 7) is 6.80. The molecule has 0 aliphatic heterocycles. The van der Waals surface area contributed by atoms with E-state index in [1.165, 1.54) is 5.57 Å². The predicted octanol–water partition coefficient (Wildman–Crippen LogP) is 4.94. The molecule has 0 amide bonds. The second kappa shape index (κ2) is 5.78. The smallest absolute Gasteiger partial charge is 0.133 e. The Labute approximate surface area is 150 Å². The van der Waals surface area contributed by atoms with E-state index < -0.39 is 0 Å². The molecule has 128 valence electrons. The van der Waals surface area contributed by atoms with E-state index >= 15 is 0 Å². The van der Waals surface area contributed by atoms with Crippen molar-refractivity contribution in [2.24, 2.45) is 16.7 Å². The Morgan fingerprint density at radius 3 is 2.24 bits per heavy atom. The van der Waals surface area contributed by atoms with E-state index in [4.69, 9.17) is 0 Å². The van der Waals surface area contributed by atoms with Gasteiger partial charge in [0.15, 0.2) is 0 Å². The number of fused-ring (bicyclic) bond motifs is 2. The van der Waals surface area contributed by atoms with Gasteiger partial charge in [0.25, 0.3) is 0 Å². The lowest BCUT2D eigenvalue weighted by Crippen LogP contribution is -2.28. The zero-order valence-electron chi connectivity index (χ0n) is 15.7. The maximum Gasteiger partial charge on any atom is 0.133 e. The summed E-state index contributed by atoms with van der Waals surface area (Å²) in [5.74, 6) is 0.401. The Morgan fingerprint density at radius 2 is 1.72 bits per heavy atom. The van der Waals surface area contributed by atoms with E-state index in [1.54, 1.807) is 0 Å². The first kappa shape index (κ1) is 17.3. The van der Waals surface area contributed by atoms with Crippen LogP contribution in [0.5, 0.6) is 0 Å². The van der Waals surface area contributed by atoms with Crippen LogP contribution in [-0.2, 0) is 0 Å². The van der Waals surface area contributed by atoms with E-state index in [-0.39, 0.29) is 16.4 Å². The molecule has 2 saturated carbocycles. The monoisotopic (exact) mass is 331 g/mol. The van der Waals surface area contributed by atoms with E-state index in [0.29, 0.717) is 5.92 Å². The van der Waals surface area contributed by atoms with E-state index in [9.17, 15) is 10.5 Å². The Bertz CT molecular complexity index is 825. The van der Waals surface area contributed by atoms with Gasteiger partial charge in [0, 0.05) is 25.2 Å². The van der Waals surface area contributed by atoms with Crippen molar-refractivity contribution in [2.45, 2.75) is 33.6 Å². The van der Waals surface area contributed by atoms with Gasteiger partial charge < -0.3 is 4.90 Å². The van der Waals surface area contributed by atoms with Crippen molar-refractivity contribution in [3.8, 4) is 12.1 Å². The summed E-state index contributed by atoms with van der Waals surface area (Å²) in [6, 6.07) is 12.7. The van der Waals surface area contributed by atoms with Crippen molar-refractivity contribution >= 4 is 11.8 Å². The van der Waals surface area contributed by atoms with Gasteiger partial charge in [-0.2, -0.15) is 10.5 Å². The van der Waals surface area contributed by atoms with Crippen LogP contribution in [0.1, 0.15) is 39.2 Å². The molecule has 2 atom stereocenters. The largest absolute Gasteiger partial charge is 0.378 e. The highest BCUT2D eigenvalue weighted by Crippen LogP contribution is 2.70. The second-order valence-electron chi connectivity index (χ2n) is 8.20. The molecule has 3 rings (SSSR count).